The van der Waals surface area contributed by atoms with Gasteiger partial charge in [0.2, 0.25) is 0 Å². The number of amides is 1. The molecule has 1 aromatic carbocycles. The second-order valence-electron chi connectivity index (χ2n) is 6.20. The minimum absolute atomic E-state index is 0.292. The number of benzene rings is 1. The lowest BCUT2D eigenvalue weighted by atomic mass is 10.1. The van der Waals surface area contributed by atoms with E-state index in [9.17, 15) is 9.59 Å². The molecule has 0 saturated carbocycles. The van der Waals surface area contributed by atoms with E-state index in [1.807, 2.05) is 66.2 Å². The number of aryl methyl sites for hydroxylation is 1. The van der Waals surface area contributed by atoms with Crippen LogP contribution in [0.2, 0.25) is 0 Å². The summed E-state index contributed by atoms with van der Waals surface area (Å²) in [6.45, 7) is 2.23. The van der Waals surface area contributed by atoms with Gasteiger partial charge in [-0.25, -0.2) is 4.79 Å². The van der Waals surface area contributed by atoms with Crippen LogP contribution in [-0.4, -0.2) is 25.0 Å². The van der Waals surface area contributed by atoms with Gasteiger partial charge < -0.3 is 10.1 Å². The van der Waals surface area contributed by atoms with Crippen LogP contribution in [0.25, 0.3) is 11.6 Å². The first kappa shape index (κ1) is 20.0. The lowest BCUT2D eigenvalue weighted by Gasteiger charge is -2.08. The summed E-state index contributed by atoms with van der Waals surface area (Å²) >= 11 is 3.11. The van der Waals surface area contributed by atoms with E-state index in [0.29, 0.717) is 12.1 Å². The third-order valence-corrected chi connectivity index (χ3v) is 5.81. The van der Waals surface area contributed by atoms with Gasteiger partial charge in [-0.3, -0.25) is 4.79 Å². The van der Waals surface area contributed by atoms with Crippen molar-refractivity contribution in [2.45, 2.75) is 13.3 Å². The lowest BCUT2D eigenvalue weighted by Crippen LogP contribution is -2.30. The molecule has 2 heterocycles. The van der Waals surface area contributed by atoms with Crippen LogP contribution in [0.4, 0.5) is 0 Å². The minimum Gasteiger partial charge on any atom is -0.452 e. The standard InChI is InChI=1S/C22H21NO3S2/c1-16-5-2-6-17(13-16)14-19(20-8-4-12-28-20)22(25)26-15-21(24)23-10-9-18-7-3-11-27-18/h2-8,11-14H,9-10,15H2,1H3,(H,23,24)/b19-14+. The molecule has 1 N–H and O–H groups in total. The van der Waals surface area contributed by atoms with Gasteiger partial charge in [0.15, 0.2) is 6.61 Å². The number of carbonyl (C=O) groups excluding carboxylic acids is 2. The van der Waals surface area contributed by atoms with E-state index < -0.39 is 5.97 Å². The van der Waals surface area contributed by atoms with Crippen molar-refractivity contribution in [3.05, 3.63) is 80.2 Å². The highest BCUT2D eigenvalue weighted by Gasteiger charge is 2.16. The number of rotatable bonds is 8. The number of esters is 1. The monoisotopic (exact) mass is 411 g/mol. The maximum atomic E-state index is 12.6. The van der Waals surface area contributed by atoms with Crippen LogP contribution in [0.1, 0.15) is 20.9 Å². The van der Waals surface area contributed by atoms with Gasteiger partial charge in [-0.05, 0) is 47.9 Å². The van der Waals surface area contributed by atoms with Gasteiger partial charge in [0.05, 0.1) is 5.57 Å². The Balaban J connectivity index is 1.59. The maximum absolute atomic E-state index is 12.6. The summed E-state index contributed by atoms with van der Waals surface area (Å²) in [4.78, 5) is 26.6. The average Bonchev–Trinajstić information content (AvgIpc) is 3.38. The number of hydrogen-bond donors (Lipinski definition) is 1. The topological polar surface area (TPSA) is 55.4 Å². The summed E-state index contributed by atoms with van der Waals surface area (Å²) in [5.74, 6) is -0.802. The van der Waals surface area contributed by atoms with Crippen LogP contribution in [0, 0.1) is 6.92 Å². The third-order valence-electron chi connectivity index (χ3n) is 3.97. The molecule has 0 spiro atoms. The molecule has 1 amide bonds. The summed E-state index contributed by atoms with van der Waals surface area (Å²) < 4.78 is 5.27. The molecule has 0 saturated heterocycles. The summed E-state index contributed by atoms with van der Waals surface area (Å²) in [6.07, 6.45) is 2.57. The summed E-state index contributed by atoms with van der Waals surface area (Å²) in [5.41, 5.74) is 2.48. The summed E-state index contributed by atoms with van der Waals surface area (Å²) in [7, 11) is 0. The SMILES string of the molecule is Cc1cccc(/C=C(/C(=O)OCC(=O)NCCc2cccs2)c2cccs2)c1. The molecule has 3 aromatic rings. The zero-order valence-corrected chi connectivity index (χ0v) is 17.1. The van der Waals surface area contributed by atoms with Crippen molar-refractivity contribution in [2.24, 2.45) is 0 Å². The molecular weight excluding hydrogens is 390 g/mol. The van der Waals surface area contributed by atoms with Gasteiger partial charge in [-0.1, -0.05) is 42.0 Å². The largest absolute Gasteiger partial charge is 0.452 e. The zero-order chi connectivity index (χ0) is 19.8. The van der Waals surface area contributed by atoms with Crippen molar-refractivity contribution < 1.29 is 14.3 Å². The summed E-state index contributed by atoms with van der Waals surface area (Å²) in [5, 5.41) is 6.69. The molecule has 28 heavy (non-hydrogen) atoms. The predicted octanol–water partition coefficient (Wildman–Crippen LogP) is 4.56. The molecule has 0 unspecified atom stereocenters. The summed E-state index contributed by atoms with van der Waals surface area (Å²) in [6, 6.07) is 15.6. The number of ether oxygens (including phenoxy) is 1. The molecule has 0 aliphatic rings. The van der Waals surface area contributed by atoms with Crippen molar-refractivity contribution >= 4 is 46.2 Å². The Bertz CT molecular complexity index is 944. The van der Waals surface area contributed by atoms with Crippen molar-refractivity contribution in [1.82, 2.24) is 5.32 Å². The molecule has 3 rings (SSSR count). The first-order valence-corrected chi connectivity index (χ1v) is 10.7. The van der Waals surface area contributed by atoms with E-state index in [-0.39, 0.29) is 12.5 Å². The molecule has 4 nitrogen and oxygen atoms in total. The van der Waals surface area contributed by atoms with Gasteiger partial charge >= 0.3 is 5.97 Å². The lowest BCUT2D eigenvalue weighted by molar-refractivity contribution is -0.142. The highest BCUT2D eigenvalue weighted by molar-refractivity contribution is 7.11. The Morgan fingerprint density at radius 1 is 1.07 bits per heavy atom. The average molecular weight is 412 g/mol. The zero-order valence-electron chi connectivity index (χ0n) is 15.5. The fraction of sp³-hybridized carbons (Fsp3) is 0.182. The first-order chi connectivity index (χ1) is 13.6. The molecule has 0 radical (unpaired) electrons. The van der Waals surface area contributed by atoms with Crippen LogP contribution in [-0.2, 0) is 20.7 Å². The van der Waals surface area contributed by atoms with Gasteiger partial charge in [0.25, 0.3) is 5.91 Å². The number of hydrogen-bond acceptors (Lipinski definition) is 5. The minimum atomic E-state index is -0.502. The van der Waals surface area contributed by atoms with Crippen molar-refractivity contribution in [1.29, 1.82) is 0 Å². The highest BCUT2D eigenvalue weighted by atomic mass is 32.1. The maximum Gasteiger partial charge on any atom is 0.340 e. The van der Waals surface area contributed by atoms with E-state index in [1.165, 1.54) is 16.2 Å². The Morgan fingerprint density at radius 2 is 1.89 bits per heavy atom. The third kappa shape index (κ3) is 5.90. The quantitative estimate of drug-likeness (QED) is 0.437. The molecule has 2 aromatic heterocycles. The number of nitrogens with one attached hydrogen (secondary N) is 1. The normalized spacial score (nSPS) is 11.2. The van der Waals surface area contributed by atoms with E-state index in [0.717, 1.165) is 22.4 Å². The number of thiophene rings is 2. The van der Waals surface area contributed by atoms with E-state index in [1.54, 1.807) is 17.4 Å². The molecule has 0 aliphatic carbocycles. The van der Waals surface area contributed by atoms with Crippen LogP contribution in [0.3, 0.4) is 0 Å². The van der Waals surface area contributed by atoms with Crippen LogP contribution < -0.4 is 5.32 Å². The molecule has 0 aliphatic heterocycles. The molecule has 0 bridgehead atoms. The second-order valence-corrected chi connectivity index (χ2v) is 8.18. The van der Waals surface area contributed by atoms with Gasteiger partial charge in [0.1, 0.15) is 0 Å². The number of carbonyl (C=O) groups is 2. The van der Waals surface area contributed by atoms with E-state index in [4.69, 9.17) is 4.74 Å². The van der Waals surface area contributed by atoms with Crippen molar-refractivity contribution in [2.75, 3.05) is 13.2 Å². The fourth-order valence-electron chi connectivity index (χ4n) is 2.63. The van der Waals surface area contributed by atoms with Crippen LogP contribution in [0.5, 0.6) is 0 Å². The van der Waals surface area contributed by atoms with Gasteiger partial charge in [0, 0.05) is 16.3 Å². The smallest absolute Gasteiger partial charge is 0.340 e. The van der Waals surface area contributed by atoms with E-state index >= 15 is 0 Å². The van der Waals surface area contributed by atoms with E-state index in [2.05, 4.69) is 5.32 Å². The molecule has 0 atom stereocenters. The van der Waals surface area contributed by atoms with Crippen molar-refractivity contribution in [3.63, 3.8) is 0 Å². The predicted molar refractivity (Wildman–Crippen MR) is 115 cm³/mol. The van der Waals surface area contributed by atoms with Crippen LogP contribution in [0.15, 0.2) is 59.3 Å². The van der Waals surface area contributed by atoms with Crippen LogP contribution >= 0.6 is 22.7 Å². The molecule has 144 valence electrons. The van der Waals surface area contributed by atoms with Crippen molar-refractivity contribution in [3.8, 4) is 0 Å². The highest BCUT2D eigenvalue weighted by Crippen LogP contribution is 2.24. The Hall–Kier alpha value is -2.70. The van der Waals surface area contributed by atoms with Gasteiger partial charge in [-0.15, -0.1) is 22.7 Å². The van der Waals surface area contributed by atoms with Gasteiger partial charge in [-0.2, -0.15) is 0 Å². The fourth-order valence-corrected chi connectivity index (χ4v) is 4.07. The molecule has 0 fully saturated rings. The Morgan fingerprint density at radius 3 is 2.61 bits per heavy atom. The molecular formula is C22H21NO3S2. The Labute approximate surface area is 172 Å². The first-order valence-electron chi connectivity index (χ1n) is 8.90. The molecule has 6 heteroatoms. The second kappa shape index (κ2) is 10.0. The Kier molecular flexibility index (Phi) is 7.17.